The molecule has 2 heterocycles. The molecule has 0 aliphatic carbocycles. The van der Waals surface area contributed by atoms with Gasteiger partial charge in [-0.15, -0.1) is 5.10 Å². The van der Waals surface area contributed by atoms with Crippen molar-refractivity contribution in [1.82, 2.24) is 24.3 Å². The summed E-state index contributed by atoms with van der Waals surface area (Å²) in [6.07, 6.45) is 4.10. The molecular formula is C15H19N5O2S. The second-order valence-corrected chi connectivity index (χ2v) is 6.95. The molecule has 8 heteroatoms. The SMILES string of the molecule is Cc1cc2ncn(C[C@H](O)Cn3cnc([S@@](C)=O)n3)c2cc1C. The second-order valence-electron chi connectivity index (χ2n) is 5.68. The molecule has 1 aromatic carbocycles. The van der Waals surface area contributed by atoms with Gasteiger partial charge in [-0.05, 0) is 37.1 Å². The van der Waals surface area contributed by atoms with Crippen LogP contribution in [-0.4, -0.2) is 46.0 Å². The molecule has 0 aliphatic rings. The predicted molar refractivity (Wildman–Crippen MR) is 87.6 cm³/mol. The summed E-state index contributed by atoms with van der Waals surface area (Å²) in [6.45, 7) is 4.81. The number of imidazole rings is 1. The van der Waals surface area contributed by atoms with Crippen LogP contribution in [0.5, 0.6) is 0 Å². The number of benzene rings is 1. The summed E-state index contributed by atoms with van der Waals surface area (Å²) in [4.78, 5) is 8.34. The first-order valence-corrected chi connectivity index (χ1v) is 8.83. The molecule has 0 amide bonds. The zero-order chi connectivity index (χ0) is 16.6. The van der Waals surface area contributed by atoms with Crippen LogP contribution >= 0.6 is 0 Å². The van der Waals surface area contributed by atoms with E-state index < -0.39 is 16.9 Å². The van der Waals surface area contributed by atoms with E-state index in [0.29, 0.717) is 6.54 Å². The minimum absolute atomic E-state index is 0.274. The Morgan fingerprint density at radius 1 is 1.17 bits per heavy atom. The molecule has 23 heavy (non-hydrogen) atoms. The van der Waals surface area contributed by atoms with Crippen LogP contribution < -0.4 is 0 Å². The molecule has 0 saturated heterocycles. The molecular weight excluding hydrogens is 314 g/mol. The first kappa shape index (κ1) is 15.8. The van der Waals surface area contributed by atoms with Gasteiger partial charge >= 0.3 is 0 Å². The van der Waals surface area contributed by atoms with Crippen LogP contribution in [0.3, 0.4) is 0 Å². The van der Waals surface area contributed by atoms with Crippen molar-refractivity contribution >= 4 is 21.8 Å². The summed E-state index contributed by atoms with van der Waals surface area (Å²) in [6, 6.07) is 4.13. The third-order valence-corrected chi connectivity index (χ3v) is 4.52. The molecule has 3 aromatic rings. The van der Waals surface area contributed by atoms with Gasteiger partial charge in [0.2, 0.25) is 5.16 Å². The molecule has 0 saturated carbocycles. The molecule has 2 aromatic heterocycles. The average molecular weight is 333 g/mol. The number of aliphatic hydroxyl groups excluding tert-OH is 1. The smallest absolute Gasteiger partial charge is 0.238 e. The Kier molecular flexibility index (Phi) is 4.27. The van der Waals surface area contributed by atoms with Crippen molar-refractivity contribution in [3.63, 3.8) is 0 Å². The van der Waals surface area contributed by atoms with E-state index in [1.807, 2.05) is 10.6 Å². The highest BCUT2D eigenvalue weighted by molar-refractivity contribution is 7.84. The predicted octanol–water partition coefficient (Wildman–Crippen LogP) is 1.04. The lowest BCUT2D eigenvalue weighted by atomic mass is 10.1. The van der Waals surface area contributed by atoms with E-state index in [1.54, 1.807) is 6.33 Å². The Hall–Kier alpha value is -2.06. The Balaban J connectivity index is 1.75. The highest BCUT2D eigenvalue weighted by atomic mass is 32.2. The minimum atomic E-state index is -1.22. The van der Waals surface area contributed by atoms with Crippen LogP contribution in [0.4, 0.5) is 0 Å². The molecule has 0 spiro atoms. The second kappa shape index (κ2) is 6.21. The van der Waals surface area contributed by atoms with Crippen molar-refractivity contribution in [3.05, 3.63) is 35.9 Å². The largest absolute Gasteiger partial charge is 0.389 e. The molecule has 0 aliphatic heterocycles. The zero-order valence-electron chi connectivity index (χ0n) is 13.3. The van der Waals surface area contributed by atoms with E-state index in [9.17, 15) is 9.32 Å². The topological polar surface area (TPSA) is 85.8 Å². The fourth-order valence-electron chi connectivity index (χ4n) is 2.46. The molecule has 1 N–H and O–H groups in total. The standard InChI is InChI=1S/C15H19N5O2S/c1-10-4-13-14(5-11(10)2)19(8-16-13)6-12(21)7-20-9-17-15(18-20)23(3)22/h4-5,8-9,12,21H,6-7H2,1-3H3/t12-,23+/m0/s1. The van der Waals surface area contributed by atoms with Crippen LogP contribution in [0, 0.1) is 13.8 Å². The van der Waals surface area contributed by atoms with Gasteiger partial charge in [0.1, 0.15) is 6.33 Å². The summed E-state index contributed by atoms with van der Waals surface area (Å²) < 4.78 is 14.7. The van der Waals surface area contributed by atoms with E-state index in [-0.39, 0.29) is 11.7 Å². The van der Waals surface area contributed by atoms with Crippen molar-refractivity contribution in [3.8, 4) is 0 Å². The lowest BCUT2D eigenvalue weighted by Crippen LogP contribution is -2.22. The molecule has 0 fully saturated rings. The Morgan fingerprint density at radius 3 is 2.61 bits per heavy atom. The van der Waals surface area contributed by atoms with Crippen molar-refractivity contribution < 1.29 is 9.32 Å². The van der Waals surface area contributed by atoms with Crippen LogP contribution in [0.15, 0.2) is 29.9 Å². The number of aliphatic hydroxyl groups is 1. The van der Waals surface area contributed by atoms with Crippen LogP contribution in [-0.2, 0) is 23.9 Å². The lowest BCUT2D eigenvalue weighted by molar-refractivity contribution is 0.131. The number of nitrogens with zero attached hydrogens (tertiary/aromatic N) is 5. The van der Waals surface area contributed by atoms with Gasteiger partial charge < -0.3 is 9.67 Å². The van der Waals surface area contributed by atoms with Gasteiger partial charge in [-0.25, -0.2) is 14.6 Å². The minimum Gasteiger partial charge on any atom is -0.389 e. The van der Waals surface area contributed by atoms with Gasteiger partial charge in [-0.3, -0.25) is 4.21 Å². The monoisotopic (exact) mass is 333 g/mol. The summed E-state index contributed by atoms with van der Waals surface area (Å²) in [7, 11) is -1.22. The van der Waals surface area contributed by atoms with Gasteiger partial charge in [0.05, 0.1) is 47.4 Å². The number of rotatable bonds is 5. The molecule has 0 bridgehead atoms. The quantitative estimate of drug-likeness (QED) is 0.754. The molecule has 2 atom stereocenters. The Bertz CT molecular complexity index is 870. The highest BCUT2D eigenvalue weighted by Gasteiger charge is 2.12. The molecule has 0 unspecified atom stereocenters. The summed E-state index contributed by atoms with van der Waals surface area (Å²) in [5.74, 6) is 0. The van der Waals surface area contributed by atoms with Gasteiger partial charge in [0, 0.05) is 6.26 Å². The molecule has 3 rings (SSSR count). The molecule has 122 valence electrons. The van der Waals surface area contributed by atoms with Crippen molar-refractivity contribution in [2.75, 3.05) is 6.26 Å². The van der Waals surface area contributed by atoms with Crippen molar-refractivity contribution in [1.29, 1.82) is 0 Å². The maximum atomic E-state index is 11.3. The third kappa shape index (κ3) is 3.32. The fraction of sp³-hybridized carbons (Fsp3) is 0.400. The Labute approximate surface area is 136 Å². The fourth-order valence-corrected chi connectivity index (χ4v) is 2.87. The van der Waals surface area contributed by atoms with E-state index in [2.05, 4.69) is 35.0 Å². The number of aromatic nitrogens is 5. The van der Waals surface area contributed by atoms with Crippen LogP contribution in [0.2, 0.25) is 0 Å². The molecule has 0 radical (unpaired) electrons. The maximum absolute atomic E-state index is 11.3. The summed E-state index contributed by atoms with van der Waals surface area (Å²) in [5.41, 5.74) is 4.32. The van der Waals surface area contributed by atoms with E-state index in [1.165, 1.54) is 28.4 Å². The maximum Gasteiger partial charge on any atom is 0.238 e. The van der Waals surface area contributed by atoms with Gasteiger partial charge in [0.25, 0.3) is 0 Å². The lowest BCUT2D eigenvalue weighted by Gasteiger charge is -2.12. The van der Waals surface area contributed by atoms with E-state index in [4.69, 9.17) is 0 Å². The van der Waals surface area contributed by atoms with E-state index in [0.717, 1.165) is 11.0 Å². The number of fused-ring (bicyclic) bond motifs is 1. The van der Waals surface area contributed by atoms with Crippen molar-refractivity contribution in [2.24, 2.45) is 0 Å². The van der Waals surface area contributed by atoms with Crippen molar-refractivity contribution in [2.45, 2.75) is 38.2 Å². The van der Waals surface area contributed by atoms with Gasteiger partial charge in [-0.2, -0.15) is 0 Å². The van der Waals surface area contributed by atoms with Gasteiger partial charge in [-0.1, -0.05) is 0 Å². The summed E-state index contributed by atoms with van der Waals surface area (Å²) in [5, 5.41) is 14.7. The number of aryl methyl sites for hydroxylation is 2. The van der Waals surface area contributed by atoms with E-state index >= 15 is 0 Å². The normalized spacial score (nSPS) is 14.3. The first-order valence-electron chi connectivity index (χ1n) is 7.27. The number of hydrogen-bond donors (Lipinski definition) is 1. The molecule has 7 nitrogen and oxygen atoms in total. The highest BCUT2D eigenvalue weighted by Crippen LogP contribution is 2.18. The Morgan fingerprint density at radius 2 is 1.91 bits per heavy atom. The first-order chi connectivity index (χ1) is 10.9. The van der Waals surface area contributed by atoms with Gasteiger partial charge in [0.15, 0.2) is 0 Å². The number of hydrogen-bond acceptors (Lipinski definition) is 5. The van der Waals surface area contributed by atoms with Crippen LogP contribution in [0.25, 0.3) is 11.0 Å². The van der Waals surface area contributed by atoms with Crippen LogP contribution in [0.1, 0.15) is 11.1 Å². The zero-order valence-corrected chi connectivity index (χ0v) is 14.1. The third-order valence-electron chi connectivity index (χ3n) is 3.81. The summed E-state index contributed by atoms with van der Waals surface area (Å²) >= 11 is 0. The average Bonchev–Trinajstić information content (AvgIpc) is 3.08.